The quantitative estimate of drug-likeness (QED) is 0.797. The predicted octanol–water partition coefficient (Wildman–Crippen LogP) is 3.15. The molecule has 3 heteroatoms. The Hall–Kier alpha value is -1.09. The van der Waals surface area contributed by atoms with Crippen LogP contribution < -0.4 is 4.74 Å². The fraction of sp³-hybridized carbons (Fsp3) is 0.571. The molecule has 1 saturated heterocycles. The molecule has 0 bridgehead atoms. The van der Waals surface area contributed by atoms with Gasteiger partial charge in [0.25, 0.3) is 0 Å². The Labute approximate surface area is 102 Å². The largest absolute Gasteiger partial charge is 0.496 e. The summed E-state index contributed by atoms with van der Waals surface area (Å²) in [6.07, 6.45) is 3.82. The van der Waals surface area contributed by atoms with E-state index in [9.17, 15) is 4.39 Å². The molecule has 1 heterocycles. The van der Waals surface area contributed by atoms with Crippen LogP contribution >= 0.6 is 0 Å². The summed E-state index contributed by atoms with van der Waals surface area (Å²) in [5, 5.41) is 0. The third kappa shape index (κ3) is 2.97. The zero-order valence-corrected chi connectivity index (χ0v) is 10.4. The molecule has 1 aromatic carbocycles. The van der Waals surface area contributed by atoms with Crippen molar-refractivity contribution >= 4 is 0 Å². The van der Waals surface area contributed by atoms with Gasteiger partial charge in [-0.2, -0.15) is 0 Å². The number of alkyl halides is 1. The third-order valence-corrected chi connectivity index (χ3v) is 3.42. The summed E-state index contributed by atoms with van der Waals surface area (Å²) in [4.78, 5) is 2.39. The van der Waals surface area contributed by atoms with Gasteiger partial charge in [-0.1, -0.05) is 18.6 Å². The van der Waals surface area contributed by atoms with Crippen LogP contribution in [-0.2, 0) is 13.2 Å². The Morgan fingerprint density at radius 1 is 1.24 bits per heavy atom. The summed E-state index contributed by atoms with van der Waals surface area (Å²) >= 11 is 0. The van der Waals surface area contributed by atoms with Gasteiger partial charge in [0.1, 0.15) is 12.4 Å². The topological polar surface area (TPSA) is 12.5 Å². The van der Waals surface area contributed by atoms with E-state index in [0.29, 0.717) is 0 Å². The number of ether oxygens (including phenoxy) is 1. The first-order valence-electron chi connectivity index (χ1n) is 6.28. The molecule has 0 spiro atoms. The standard InChI is InChI=1S/C14H20FNO/c1-17-14-7-5-6-12(10-15)13(14)11-16-8-3-2-4-9-16/h5-7H,2-4,8-11H2,1H3. The molecule has 0 atom stereocenters. The van der Waals surface area contributed by atoms with Gasteiger partial charge in [-0.15, -0.1) is 0 Å². The van der Waals surface area contributed by atoms with Gasteiger partial charge in [0.15, 0.2) is 0 Å². The van der Waals surface area contributed by atoms with E-state index < -0.39 is 6.67 Å². The molecule has 0 amide bonds. The number of halogens is 1. The van der Waals surface area contributed by atoms with Crippen LogP contribution in [0.3, 0.4) is 0 Å². The first kappa shape index (κ1) is 12.4. The van der Waals surface area contributed by atoms with Crippen LogP contribution in [0.2, 0.25) is 0 Å². The van der Waals surface area contributed by atoms with Crippen molar-refractivity contribution < 1.29 is 9.13 Å². The molecular weight excluding hydrogens is 217 g/mol. The van der Waals surface area contributed by atoms with Crippen LogP contribution in [0.5, 0.6) is 5.75 Å². The third-order valence-electron chi connectivity index (χ3n) is 3.42. The summed E-state index contributed by atoms with van der Waals surface area (Å²) in [5.41, 5.74) is 1.77. The fourth-order valence-corrected chi connectivity index (χ4v) is 2.45. The Balaban J connectivity index is 2.16. The molecule has 0 unspecified atom stereocenters. The first-order valence-corrected chi connectivity index (χ1v) is 6.28. The van der Waals surface area contributed by atoms with E-state index in [0.717, 1.165) is 36.5 Å². The molecule has 1 aromatic rings. The van der Waals surface area contributed by atoms with Crippen LogP contribution in [0.25, 0.3) is 0 Å². The number of rotatable bonds is 4. The van der Waals surface area contributed by atoms with Gasteiger partial charge in [0, 0.05) is 12.1 Å². The molecule has 2 rings (SSSR count). The Morgan fingerprint density at radius 2 is 2.00 bits per heavy atom. The minimum absolute atomic E-state index is 0.416. The number of benzene rings is 1. The number of piperidine rings is 1. The lowest BCUT2D eigenvalue weighted by molar-refractivity contribution is 0.217. The number of nitrogens with zero attached hydrogens (tertiary/aromatic N) is 1. The van der Waals surface area contributed by atoms with Gasteiger partial charge < -0.3 is 4.74 Å². The minimum Gasteiger partial charge on any atom is -0.496 e. The number of methoxy groups -OCH3 is 1. The molecule has 0 aliphatic carbocycles. The van der Waals surface area contributed by atoms with Gasteiger partial charge in [0.2, 0.25) is 0 Å². The van der Waals surface area contributed by atoms with Crippen molar-refractivity contribution in [3.63, 3.8) is 0 Å². The van der Waals surface area contributed by atoms with E-state index in [1.165, 1.54) is 19.3 Å². The van der Waals surface area contributed by atoms with E-state index in [1.807, 2.05) is 18.2 Å². The maximum Gasteiger partial charge on any atom is 0.123 e. The Bertz CT molecular complexity index is 339. The molecule has 94 valence electrons. The van der Waals surface area contributed by atoms with Crippen molar-refractivity contribution in [1.29, 1.82) is 0 Å². The van der Waals surface area contributed by atoms with Gasteiger partial charge in [-0.05, 0) is 37.6 Å². The number of hydrogen-bond donors (Lipinski definition) is 0. The second kappa shape index (κ2) is 6.01. The highest BCUT2D eigenvalue weighted by molar-refractivity contribution is 5.40. The van der Waals surface area contributed by atoms with Crippen LogP contribution in [0.4, 0.5) is 4.39 Å². The lowest BCUT2D eigenvalue weighted by Gasteiger charge is -2.27. The lowest BCUT2D eigenvalue weighted by Crippen LogP contribution is -2.29. The summed E-state index contributed by atoms with van der Waals surface area (Å²) in [5.74, 6) is 0.811. The predicted molar refractivity (Wildman–Crippen MR) is 66.9 cm³/mol. The Morgan fingerprint density at radius 3 is 2.65 bits per heavy atom. The zero-order valence-electron chi connectivity index (χ0n) is 10.4. The van der Waals surface area contributed by atoms with Gasteiger partial charge in [-0.25, -0.2) is 4.39 Å². The van der Waals surface area contributed by atoms with Crippen molar-refractivity contribution in [2.75, 3.05) is 20.2 Å². The smallest absolute Gasteiger partial charge is 0.123 e. The van der Waals surface area contributed by atoms with Crippen LogP contribution in [-0.4, -0.2) is 25.1 Å². The molecule has 17 heavy (non-hydrogen) atoms. The maximum absolute atomic E-state index is 13.0. The van der Waals surface area contributed by atoms with E-state index in [-0.39, 0.29) is 0 Å². The average molecular weight is 237 g/mol. The van der Waals surface area contributed by atoms with E-state index >= 15 is 0 Å². The average Bonchev–Trinajstić information content (AvgIpc) is 2.40. The Kier molecular flexibility index (Phi) is 4.37. The second-order valence-corrected chi connectivity index (χ2v) is 4.57. The zero-order chi connectivity index (χ0) is 12.1. The molecule has 1 fully saturated rings. The molecule has 0 N–H and O–H groups in total. The van der Waals surface area contributed by atoms with Crippen LogP contribution in [0, 0.1) is 0 Å². The summed E-state index contributed by atoms with van der Waals surface area (Å²) < 4.78 is 18.3. The molecule has 0 saturated carbocycles. The number of likely N-dealkylation sites (tertiary alicyclic amines) is 1. The van der Waals surface area contributed by atoms with Crippen molar-refractivity contribution in [3.05, 3.63) is 29.3 Å². The van der Waals surface area contributed by atoms with E-state index in [1.54, 1.807) is 7.11 Å². The van der Waals surface area contributed by atoms with Gasteiger partial charge in [-0.3, -0.25) is 4.90 Å². The van der Waals surface area contributed by atoms with Crippen LogP contribution in [0.15, 0.2) is 18.2 Å². The van der Waals surface area contributed by atoms with Crippen molar-refractivity contribution in [1.82, 2.24) is 4.90 Å². The monoisotopic (exact) mass is 237 g/mol. The summed E-state index contributed by atoms with van der Waals surface area (Å²) in [6.45, 7) is 2.62. The molecule has 0 aromatic heterocycles. The summed E-state index contributed by atoms with van der Waals surface area (Å²) in [6, 6.07) is 5.62. The normalized spacial score (nSPS) is 17.1. The lowest BCUT2D eigenvalue weighted by atomic mass is 10.0. The fourth-order valence-electron chi connectivity index (χ4n) is 2.45. The first-order chi connectivity index (χ1) is 8.35. The molecule has 0 radical (unpaired) electrons. The van der Waals surface area contributed by atoms with Crippen molar-refractivity contribution in [2.45, 2.75) is 32.5 Å². The van der Waals surface area contributed by atoms with E-state index in [4.69, 9.17) is 4.74 Å². The highest BCUT2D eigenvalue weighted by Gasteiger charge is 2.15. The highest BCUT2D eigenvalue weighted by atomic mass is 19.1. The van der Waals surface area contributed by atoms with Gasteiger partial charge >= 0.3 is 0 Å². The number of hydrogen-bond acceptors (Lipinski definition) is 2. The maximum atomic E-state index is 13.0. The van der Waals surface area contributed by atoms with E-state index in [2.05, 4.69) is 4.90 Å². The molecular formula is C14H20FNO. The SMILES string of the molecule is COc1cccc(CF)c1CN1CCCCC1. The molecule has 2 nitrogen and oxygen atoms in total. The van der Waals surface area contributed by atoms with Crippen molar-refractivity contribution in [3.8, 4) is 5.75 Å². The highest BCUT2D eigenvalue weighted by Crippen LogP contribution is 2.25. The van der Waals surface area contributed by atoms with Gasteiger partial charge in [0.05, 0.1) is 7.11 Å². The van der Waals surface area contributed by atoms with Crippen molar-refractivity contribution in [2.24, 2.45) is 0 Å². The summed E-state index contributed by atoms with van der Waals surface area (Å²) in [7, 11) is 1.65. The van der Waals surface area contributed by atoms with Crippen LogP contribution in [0.1, 0.15) is 30.4 Å². The minimum atomic E-state index is -0.416. The molecule has 1 aliphatic heterocycles. The second-order valence-electron chi connectivity index (χ2n) is 4.57. The molecule has 1 aliphatic rings.